The molecule has 27 heavy (non-hydrogen) atoms. The number of H-pyrrole nitrogens is 1. The number of nitrogens with zero attached hydrogens (tertiary/aromatic N) is 1. The summed E-state index contributed by atoms with van der Waals surface area (Å²) in [4.78, 5) is 32.1. The summed E-state index contributed by atoms with van der Waals surface area (Å²) in [6.07, 6.45) is 1.60. The molecule has 0 saturated heterocycles. The number of carbonyl (C=O) groups excluding carboxylic acids is 1. The Labute approximate surface area is 162 Å². The third-order valence-electron chi connectivity index (χ3n) is 4.69. The number of hydrogen-bond acceptors (Lipinski definition) is 3. The lowest BCUT2D eigenvalue weighted by Crippen LogP contribution is -2.16. The minimum Gasteiger partial charge on any atom is -0.481 e. The van der Waals surface area contributed by atoms with Crippen LogP contribution in [-0.4, -0.2) is 26.8 Å². The molecule has 3 rings (SSSR count). The van der Waals surface area contributed by atoms with Crippen LogP contribution in [0.5, 0.6) is 0 Å². The molecule has 0 spiro atoms. The molecule has 0 fully saturated rings. The molecule has 0 amide bonds. The van der Waals surface area contributed by atoms with Crippen LogP contribution in [0.3, 0.4) is 0 Å². The molecule has 1 unspecified atom stereocenters. The molecule has 1 atom stereocenters. The highest BCUT2D eigenvalue weighted by molar-refractivity contribution is 6.31. The number of benzene rings is 1. The first-order chi connectivity index (χ1) is 12.6. The number of hydrogen-bond donors (Lipinski definition) is 2. The number of ketones is 1. The minimum atomic E-state index is -1.00. The van der Waals surface area contributed by atoms with E-state index in [9.17, 15) is 14.7 Å². The molecule has 6 heteroatoms. The third kappa shape index (κ3) is 3.60. The number of aromatic amines is 1. The van der Waals surface area contributed by atoms with Gasteiger partial charge in [-0.2, -0.15) is 0 Å². The van der Waals surface area contributed by atoms with Crippen molar-refractivity contribution in [3.05, 3.63) is 64.1 Å². The molecule has 2 N–H and O–H groups in total. The summed E-state index contributed by atoms with van der Waals surface area (Å²) in [5, 5.41) is 10.7. The van der Waals surface area contributed by atoms with Crippen LogP contribution in [0.4, 0.5) is 0 Å². The van der Waals surface area contributed by atoms with Crippen LogP contribution in [-0.2, 0) is 10.2 Å². The van der Waals surface area contributed by atoms with Crippen LogP contribution in [0, 0.1) is 0 Å². The Kier molecular flexibility index (Phi) is 4.82. The van der Waals surface area contributed by atoms with Crippen LogP contribution in [0.1, 0.15) is 60.9 Å². The van der Waals surface area contributed by atoms with Crippen LogP contribution < -0.4 is 0 Å². The third-order valence-corrected chi connectivity index (χ3v) is 4.92. The summed E-state index contributed by atoms with van der Waals surface area (Å²) < 4.78 is 0. The normalized spacial score (nSPS) is 12.9. The maximum atomic E-state index is 13.2. The Hall–Kier alpha value is -2.66. The van der Waals surface area contributed by atoms with E-state index < -0.39 is 11.9 Å². The molecule has 140 valence electrons. The first kappa shape index (κ1) is 19.1. The zero-order valence-electron chi connectivity index (χ0n) is 15.6. The van der Waals surface area contributed by atoms with E-state index in [0.29, 0.717) is 21.5 Å². The van der Waals surface area contributed by atoms with Crippen molar-refractivity contribution in [1.29, 1.82) is 0 Å². The van der Waals surface area contributed by atoms with Crippen molar-refractivity contribution in [2.24, 2.45) is 0 Å². The molecule has 5 nitrogen and oxygen atoms in total. The number of carboxylic acid groups (broad SMARTS) is 1. The number of aliphatic carboxylic acids is 1. The molecule has 0 bridgehead atoms. The molecule has 0 saturated carbocycles. The number of carbonyl (C=O) groups is 2. The summed E-state index contributed by atoms with van der Waals surface area (Å²) in [7, 11) is 0. The standard InChI is InChI=1S/C21H21ClN2O3/c1-11(20(26)27)17-14-6-5-13(22)10-15(14)24-18(17)19(25)16-9-12(7-8-23-16)21(2,3)4/h5-11,24H,1-4H3,(H,26,27). The highest BCUT2D eigenvalue weighted by Gasteiger charge is 2.28. The van der Waals surface area contributed by atoms with Gasteiger partial charge in [0.2, 0.25) is 5.78 Å². The van der Waals surface area contributed by atoms with Gasteiger partial charge < -0.3 is 10.1 Å². The van der Waals surface area contributed by atoms with Gasteiger partial charge in [-0.05, 0) is 42.2 Å². The van der Waals surface area contributed by atoms with Gasteiger partial charge in [-0.3, -0.25) is 14.6 Å². The minimum absolute atomic E-state index is 0.136. The molecule has 0 aliphatic carbocycles. The van der Waals surface area contributed by atoms with E-state index in [-0.39, 0.29) is 22.6 Å². The Morgan fingerprint density at radius 2 is 1.89 bits per heavy atom. The number of rotatable bonds is 4. The Bertz CT molecular complexity index is 1050. The van der Waals surface area contributed by atoms with E-state index in [0.717, 1.165) is 5.56 Å². The Morgan fingerprint density at radius 3 is 2.52 bits per heavy atom. The van der Waals surface area contributed by atoms with E-state index >= 15 is 0 Å². The Morgan fingerprint density at radius 1 is 1.19 bits per heavy atom. The van der Waals surface area contributed by atoms with Gasteiger partial charge in [0.15, 0.2) is 0 Å². The molecule has 0 aliphatic rings. The fourth-order valence-electron chi connectivity index (χ4n) is 3.09. The van der Waals surface area contributed by atoms with Gasteiger partial charge in [-0.15, -0.1) is 0 Å². The summed E-state index contributed by atoms with van der Waals surface area (Å²) in [5.74, 6) is -2.20. The fraction of sp³-hybridized carbons (Fsp3) is 0.286. The second-order valence-corrected chi connectivity index (χ2v) is 8.11. The SMILES string of the molecule is CC(C(=O)O)c1c(C(=O)c2cc(C(C)(C)C)ccn2)[nH]c2cc(Cl)ccc12. The number of pyridine rings is 1. The first-order valence-electron chi connectivity index (χ1n) is 8.64. The molecule has 1 aromatic carbocycles. The van der Waals surface area contributed by atoms with E-state index in [1.165, 1.54) is 0 Å². The van der Waals surface area contributed by atoms with Gasteiger partial charge in [0, 0.05) is 27.7 Å². The van der Waals surface area contributed by atoms with Gasteiger partial charge >= 0.3 is 5.97 Å². The summed E-state index contributed by atoms with van der Waals surface area (Å²) in [6.45, 7) is 7.73. The second kappa shape index (κ2) is 6.82. The smallest absolute Gasteiger partial charge is 0.310 e. The zero-order chi connectivity index (χ0) is 19.9. The van der Waals surface area contributed by atoms with E-state index in [1.54, 1.807) is 37.4 Å². The summed E-state index contributed by atoms with van der Waals surface area (Å²) in [5.41, 5.74) is 2.43. The van der Waals surface area contributed by atoms with E-state index in [4.69, 9.17) is 11.6 Å². The maximum Gasteiger partial charge on any atom is 0.310 e. The molecule has 2 heterocycles. The topological polar surface area (TPSA) is 83.0 Å². The van der Waals surface area contributed by atoms with Crippen molar-refractivity contribution in [3.63, 3.8) is 0 Å². The second-order valence-electron chi connectivity index (χ2n) is 7.67. The molecule has 2 aromatic heterocycles. The van der Waals surface area contributed by atoms with Gasteiger partial charge in [0.25, 0.3) is 0 Å². The molecule has 0 radical (unpaired) electrons. The largest absolute Gasteiger partial charge is 0.481 e. The van der Waals surface area contributed by atoms with Crippen LogP contribution in [0.2, 0.25) is 5.02 Å². The number of carboxylic acids is 1. The summed E-state index contributed by atoms with van der Waals surface area (Å²) in [6, 6.07) is 8.74. The predicted octanol–water partition coefficient (Wildman–Crippen LogP) is 4.93. The lowest BCUT2D eigenvalue weighted by atomic mass is 9.87. The number of nitrogens with one attached hydrogen (secondary N) is 1. The van der Waals surface area contributed by atoms with Crippen molar-refractivity contribution in [2.45, 2.75) is 39.0 Å². The highest BCUT2D eigenvalue weighted by Crippen LogP contribution is 2.33. The Balaban J connectivity index is 2.20. The number of halogens is 1. The van der Waals surface area contributed by atoms with Gasteiger partial charge in [0.05, 0.1) is 11.6 Å². The maximum absolute atomic E-state index is 13.2. The van der Waals surface area contributed by atoms with Gasteiger partial charge in [-0.25, -0.2) is 0 Å². The fourth-order valence-corrected chi connectivity index (χ4v) is 3.27. The van der Waals surface area contributed by atoms with Crippen molar-refractivity contribution in [1.82, 2.24) is 9.97 Å². The van der Waals surface area contributed by atoms with Gasteiger partial charge in [-0.1, -0.05) is 38.4 Å². The molecule has 0 aliphatic heterocycles. The molecular weight excluding hydrogens is 364 g/mol. The lowest BCUT2D eigenvalue weighted by molar-refractivity contribution is -0.138. The first-order valence-corrected chi connectivity index (χ1v) is 9.02. The average Bonchev–Trinajstić information content (AvgIpc) is 2.97. The quantitative estimate of drug-likeness (QED) is 0.624. The van der Waals surface area contributed by atoms with Crippen LogP contribution >= 0.6 is 11.6 Å². The van der Waals surface area contributed by atoms with E-state index in [2.05, 4.69) is 30.7 Å². The lowest BCUT2D eigenvalue weighted by Gasteiger charge is -2.19. The van der Waals surface area contributed by atoms with Crippen molar-refractivity contribution < 1.29 is 14.7 Å². The average molecular weight is 385 g/mol. The van der Waals surface area contributed by atoms with Crippen LogP contribution in [0.25, 0.3) is 10.9 Å². The summed E-state index contributed by atoms with van der Waals surface area (Å²) >= 11 is 6.06. The number of aromatic nitrogens is 2. The molecular formula is C21H21ClN2O3. The van der Waals surface area contributed by atoms with Crippen molar-refractivity contribution in [3.8, 4) is 0 Å². The highest BCUT2D eigenvalue weighted by atomic mass is 35.5. The predicted molar refractivity (Wildman–Crippen MR) is 106 cm³/mol. The van der Waals surface area contributed by atoms with Crippen molar-refractivity contribution in [2.75, 3.05) is 0 Å². The van der Waals surface area contributed by atoms with Crippen molar-refractivity contribution >= 4 is 34.3 Å². The van der Waals surface area contributed by atoms with Gasteiger partial charge in [0.1, 0.15) is 5.69 Å². The zero-order valence-corrected chi connectivity index (χ0v) is 16.4. The van der Waals surface area contributed by atoms with E-state index in [1.807, 2.05) is 6.07 Å². The number of fused-ring (bicyclic) bond motifs is 1. The van der Waals surface area contributed by atoms with Crippen LogP contribution in [0.15, 0.2) is 36.5 Å². The molecule has 3 aromatic rings. The monoisotopic (exact) mass is 384 g/mol.